The molecule has 0 aliphatic carbocycles. The molecule has 36 heavy (non-hydrogen) atoms. The molecule has 5 rings (SSSR count). The van der Waals surface area contributed by atoms with Gasteiger partial charge in [0.25, 0.3) is 5.91 Å². The lowest BCUT2D eigenvalue weighted by Gasteiger charge is -2.14. The first kappa shape index (κ1) is 24.2. The first-order valence-corrected chi connectivity index (χ1v) is 12.1. The van der Waals surface area contributed by atoms with Crippen LogP contribution in [0.1, 0.15) is 22.1 Å². The van der Waals surface area contributed by atoms with Crippen LogP contribution in [0.25, 0.3) is 22.4 Å². The summed E-state index contributed by atoms with van der Waals surface area (Å²) >= 11 is 18.0. The Morgan fingerprint density at radius 3 is 2.25 bits per heavy atom. The summed E-state index contributed by atoms with van der Waals surface area (Å²) < 4.78 is 0. The molecule has 9 heteroatoms. The number of aromatic nitrogens is 2. The summed E-state index contributed by atoms with van der Waals surface area (Å²) in [6.45, 7) is 0. The zero-order valence-electron chi connectivity index (χ0n) is 18.6. The highest BCUT2D eigenvalue weighted by Crippen LogP contribution is 2.27. The molecule has 0 aliphatic rings. The van der Waals surface area contributed by atoms with Crippen LogP contribution in [0.3, 0.4) is 0 Å². The van der Waals surface area contributed by atoms with Crippen LogP contribution in [-0.2, 0) is 0 Å². The average Bonchev–Trinajstić information content (AvgIpc) is 3.28. The Kier molecular flexibility index (Phi) is 6.85. The average molecular weight is 538 g/mol. The second kappa shape index (κ2) is 10.2. The minimum absolute atomic E-state index is 0.281. The Bertz CT molecular complexity index is 1550. The van der Waals surface area contributed by atoms with E-state index in [4.69, 9.17) is 34.8 Å². The van der Waals surface area contributed by atoms with E-state index < -0.39 is 6.23 Å². The van der Waals surface area contributed by atoms with Crippen molar-refractivity contribution in [1.29, 1.82) is 0 Å². The van der Waals surface area contributed by atoms with Gasteiger partial charge < -0.3 is 20.7 Å². The molecule has 1 heterocycles. The highest BCUT2D eigenvalue weighted by atomic mass is 35.5. The monoisotopic (exact) mass is 536 g/mol. The maximum atomic E-state index is 12.6. The minimum atomic E-state index is -0.865. The van der Waals surface area contributed by atoms with Gasteiger partial charge in [0, 0.05) is 32.5 Å². The molecular formula is C27H19Cl3N4O2. The summed E-state index contributed by atoms with van der Waals surface area (Å²) in [5.41, 5.74) is 4.80. The number of imidazole rings is 1. The van der Waals surface area contributed by atoms with Crippen LogP contribution >= 0.6 is 34.8 Å². The summed E-state index contributed by atoms with van der Waals surface area (Å²) in [5, 5.41) is 17.7. The van der Waals surface area contributed by atoms with Crippen molar-refractivity contribution >= 4 is 63.1 Å². The van der Waals surface area contributed by atoms with Crippen molar-refractivity contribution in [1.82, 2.24) is 9.97 Å². The van der Waals surface area contributed by atoms with Gasteiger partial charge in [0.2, 0.25) is 0 Å². The van der Waals surface area contributed by atoms with E-state index in [-0.39, 0.29) is 10.9 Å². The maximum absolute atomic E-state index is 12.6. The quantitative estimate of drug-likeness (QED) is 0.168. The molecule has 1 aromatic heterocycles. The van der Waals surface area contributed by atoms with E-state index in [0.29, 0.717) is 32.7 Å². The molecule has 0 spiro atoms. The zero-order chi connectivity index (χ0) is 25.2. The van der Waals surface area contributed by atoms with E-state index in [0.717, 1.165) is 22.3 Å². The number of nitrogens with zero attached hydrogens (tertiary/aromatic N) is 1. The fourth-order valence-electron chi connectivity index (χ4n) is 3.71. The molecule has 0 radical (unpaired) electrons. The molecule has 1 atom stereocenters. The SMILES string of the molecule is O=C(Nc1ccc2nc(-c3ccc(NC(O)c4ccc(Cl)cc4)cc3)[nH]c2c1)c1ccc(Cl)cc1Cl. The lowest BCUT2D eigenvalue weighted by atomic mass is 10.1. The number of aliphatic hydroxyl groups excluding tert-OH is 1. The van der Waals surface area contributed by atoms with Gasteiger partial charge >= 0.3 is 0 Å². The number of nitrogens with one attached hydrogen (secondary N) is 3. The van der Waals surface area contributed by atoms with Gasteiger partial charge in [-0.1, -0.05) is 46.9 Å². The number of fused-ring (bicyclic) bond motifs is 1. The highest BCUT2D eigenvalue weighted by Gasteiger charge is 2.13. The van der Waals surface area contributed by atoms with Gasteiger partial charge in [-0.3, -0.25) is 4.79 Å². The number of hydrogen-bond donors (Lipinski definition) is 4. The second-order valence-electron chi connectivity index (χ2n) is 8.07. The van der Waals surface area contributed by atoms with Gasteiger partial charge in [-0.2, -0.15) is 0 Å². The third-order valence-corrected chi connectivity index (χ3v) is 6.36. The number of rotatable bonds is 6. The van der Waals surface area contributed by atoms with E-state index in [1.165, 1.54) is 6.07 Å². The van der Waals surface area contributed by atoms with Crippen LogP contribution in [0.5, 0.6) is 0 Å². The molecule has 4 aromatic carbocycles. The highest BCUT2D eigenvalue weighted by molar-refractivity contribution is 6.37. The van der Waals surface area contributed by atoms with Gasteiger partial charge in [0.1, 0.15) is 5.82 Å². The van der Waals surface area contributed by atoms with Gasteiger partial charge in [-0.05, 0) is 72.8 Å². The number of aliphatic hydroxyl groups is 1. The van der Waals surface area contributed by atoms with Crippen LogP contribution < -0.4 is 10.6 Å². The lowest BCUT2D eigenvalue weighted by Crippen LogP contribution is -2.12. The molecule has 4 N–H and O–H groups in total. The summed E-state index contributed by atoms with van der Waals surface area (Å²) in [6.07, 6.45) is -0.865. The predicted octanol–water partition coefficient (Wildman–Crippen LogP) is 7.55. The third-order valence-electron chi connectivity index (χ3n) is 5.56. The Morgan fingerprint density at radius 2 is 1.53 bits per heavy atom. The van der Waals surface area contributed by atoms with Gasteiger partial charge in [0.15, 0.2) is 6.23 Å². The number of amides is 1. The normalized spacial score (nSPS) is 11.9. The minimum Gasteiger partial charge on any atom is -0.369 e. The first-order chi connectivity index (χ1) is 17.4. The molecule has 5 aromatic rings. The van der Waals surface area contributed by atoms with Crippen LogP contribution in [0, 0.1) is 0 Å². The van der Waals surface area contributed by atoms with Crippen molar-refractivity contribution < 1.29 is 9.90 Å². The Labute approximate surface area is 221 Å². The van der Waals surface area contributed by atoms with Crippen molar-refractivity contribution in [3.8, 4) is 11.4 Å². The number of hydrogen-bond acceptors (Lipinski definition) is 4. The Hall–Kier alpha value is -3.55. The van der Waals surface area contributed by atoms with Crippen molar-refractivity contribution in [2.24, 2.45) is 0 Å². The van der Waals surface area contributed by atoms with Crippen LogP contribution in [0.2, 0.25) is 15.1 Å². The van der Waals surface area contributed by atoms with E-state index in [1.54, 1.807) is 42.5 Å². The smallest absolute Gasteiger partial charge is 0.257 e. The number of aromatic amines is 1. The van der Waals surface area contributed by atoms with Crippen LogP contribution in [0.4, 0.5) is 11.4 Å². The maximum Gasteiger partial charge on any atom is 0.257 e. The van der Waals surface area contributed by atoms with E-state index in [1.807, 2.05) is 36.4 Å². The van der Waals surface area contributed by atoms with Crippen molar-refractivity contribution in [3.05, 3.63) is 111 Å². The fourth-order valence-corrected chi connectivity index (χ4v) is 4.33. The Balaban J connectivity index is 1.30. The lowest BCUT2D eigenvalue weighted by molar-refractivity contribution is 0.102. The molecular weight excluding hydrogens is 519 g/mol. The van der Waals surface area contributed by atoms with Crippen molar-refractivity contribution in [3.63, 3.8) is 0 Å². The van der Waals surface area contributed by atoms with Crippen LogP contribution in [-0.4, -0.2) is 21.0 Å². The van der Waals surface area contributed by atoms with Gasteiger partial charge in [0.05, 0.1) is 21.6 Å². The van der Waals surface area contributed by atoms with Gasteiger partial charge in [-0.25, -0.2) is 4.98 Å². The summed E-state index contributed by atoms with van der Waals surface area (Å²) in [4.78, 5) is 20.6. The fraction of sp³-hybridized carbons (Fsp3) is 0.0370. The zero-order valence-corrected chi connectivity index (χ0v) is 20.9. The Morgan fingerprint density at radius 1 is 0.833 bits per heavy atom. The number of halogens is 3. The number of carbonyl (C=O) groups is 1. The van der Waals surface area contributed by atoms with E-state index in [9.17, 15) is 9.90 Å². The molecule has 0 aliphatic heterocycles. The largest absolute Gasteiger partial charge is 0.369 e. The second-order valence-corrected chi connectivity index (χ2v) is 9.35. The topological polar surface area (TPSA) is 90.0 Å². The number of H-pyrrole nitrogens is 1. The predicted molar refractivity (Wildman–Crippen MR) is 146 cm³/mol. The molecule has 0 fully saturated rings. The first-order valence-electron chi connectivity index (χ1n) is 10.9. The van der Waals surface area contributed by atoms with Gasteiger partial charge in [-0.15, -0.1) is 0 Å². The number of anilines is 2. The van der Waals surface area contributed by atoms with E-state index in [2.05, 4.69) is 20.6 Å². The molecule has 0 saturated carbocycles. The van der Waals surface area contributed by atoms with Crippen molar-refractivity contribution in [2.75, 3.05) is 10.6 Å². The molecule has 180 valence electrons. The van der Waals surface area contributed by atoms with Crippen molar-refractivity contribution in [2.45, 2.75) is 6.23 Å². The summed E-state index contributed by atoms with van der Waals surface area (Å²) in [6, 6.07) is 24.7. The number of benzene rings is 4. The third kappa shape index (κ3) is 5.32. The molecule has 0 saturated heterocycles. The summed E-state index contributed by atoms with van der Waals surface area (Å²) in [5.74, 6) is 0.346. The number of carbonyl (C=O) groups excluding carboxylic acids is 1. The van der Waals surface area contributed by atoms with Crippen LogP contribution in [0.15, 0.2) is 84.9 Å². The summed E-state index contributed by atoms with van der Waals surface area (Å²) in [7, 11) is 0. The molecule has 1 unspecified atom stereocenters. The molecule has 6 nitrogen and oxygen atoms in total. The molecule has 1 amide bonds. The standard InChI is InChI=1S/C27H19Cl3N4O2/c28-17-5-1-16(2-6-17)26(35)31-19-8-3-15(4-9-19)25-33-23-12-10-20(14-24(23)34-25)32-27(36)21-11-7-18(29)13-22(21)30/h1-14,26,31,35H,(H,32,36)(H,33,34). The van der Waals surface area contributed by atoms with E-state index >= 15 is 0 Å². The molecule has 0 bridgehead atoms.